The maximum absolute atomic E-state index is 14.0. The molecule has 0 spiro atoms. The molecular weight excluding hydrogens is 297 g/mol. The lowest BCUT2D eigenvalue weighted by atomic mass is 10.2. The Kier molecular flexibility index (Phi) is 3.80. The van der Waals surface area contributed by atoms with Gasteiger partial charge < -0.3 is 15.6 Å². The first-order valence-electron chi connectivity index (χ1n) is 6.99. The van der Waals surface area contributed by atoms with Crippen molar-refractivity contribution in [2.75, 3.05) is 10.6 Å². The molecule has 23 heavy (non-hydrogen) atoms. The van der Waals surface area contributed by atoms with Gasteiger partial charge in [-0.15, -0.1) is 0 Å². The molecule has 1 heterocycles. The van der Waals surface area contributed by atoms with E-state index in [0.717, 1.165) is 11.6 Å². The van der Waals surface area contributed by atoms with E-state index < -0.39 is 11.8 Å². The Balaban J connectivity index is 1.84. The van der Waals surface area contributed by atoms with E-state index in [4.69, 9.17) is 0 Å². The summed E-state index contributed by atoms with van der Waals surface area (Å²) in [6.07, 6.45) is 0. The van der Waals surface area contributed by atoms with Crippen LogP contribution in [0.5, 0.6) is 0 Å². The fraction of sp³-hybridized carbons (Fsp3) is 0.0588. The number of amides is 2. The van der Waals surface area contributed by atoms with Crippen LogP contribution in [-0.2, 0) is 0 Å². The summed E-state index contributed by atoms with van der Waals surface area (Å²) in [7, 11) is 0. The van der Waals surface area contributed by atoms with Crippen LogP contribution in [-0.4, -0.2) is 11.0 Å². The molecule has 3 N–H and O–H groups in total. The van der Waals surface area contributed by atoms with Crippen molar-refractivity contribution in [3.8, 4) is 0 Å². The van der Waals surface area contributed by atoms with Crippen LogP contribution in [0.2, 0.25) is 0 Å². The van der Waals surface area contributed by atoms with Crippen molar-refractivity contribution < 1.29 is 9.18 Å². The average molecular weight is 311 g/mol. The number of benzene rings is 2. The van der Waals surface area contributed by atoms with Gasteiger partial charge in [0.25, 0.3) is 0 Å². The number of anilines is 2. The summed E-state index contributed by atoms with van der Waals surface area (Å²) in [5.41, 5.74) is 1.63. The van der Waals surface area contributed by atoms with Gasteiger partial charge in [0.1, 0.15) is 5.82 Å². The zero-order valence-corrected chi connectivity index (χ0v) is 12.3. The Hall–Kier alpha value is -3.15. The highest BCUT2D eigenvalue weighted by molar-refractivity contribution is 6.01. The van der Waals surface area contributed by atoms with Crippen LogP contribution in [0.25, 0.3) is 10.9 Å². The highest BCUT2D eigenvalue weighted by Crippen LogP contribution is 2.21. The number of carbonyl (C=O) groups is 1. The minimum Gasteiger partial charge on any atom is -0.319 e. The third-order valence-corrected chi connectivity index (χ3v) is 3.43. The predicted octanol–water partition coefficient (Wildman–Crippen LogP) is 3.62. The largest absolute Gasteiger partial charge is 0.323 e. The lowest BCUT2D eigenvalue weighted by molar-refractivity contribution is 0.262. The number of rotatable bonds is 2. The Labute approximate surface area is 131 Å². The summed E-state index contributed by atoms with van der Waals surface area (Å²) < 4.78 is 14.0. The van der Waals surface area contributed by atoms with Crippen molar-refractivity contribution in [3.63, 3.8) is 0 Å². The summed E-state index contributed by atoms with van der Waals surface area (Å²) in [5, 5.41) is 5.78. The van der Waals surface area contributed by atoms with Gasteiger partial charge in [-0.1, -0.05) is 18.2 Å². The van der Waals surface area contributed by atoms with Crippen LogP contribution in [0.1, 0.15) is 5.56 Å². The van der Waals surface area contributed by atoms with Gasteiger partial charge in [-0.25, -0.2) is 9.18 Å². The number of hydrogen-bond acceptors (Lipinski definition) is 2. The molecule has 0 aliphatic rings. The number of H-pyrrole nitrogens is 1. The zero-order chi connectivity index (χ0) is 16.4. The van der Waals surface area contributed by atoms with Gasteiger partial charge in [-0.05, 0) is 36.8 Å². The first-order chi connectivity index (χ1) is 11.0. The normalized spacial score (nSPS) is 10.5. The number of aromatic amines is 1. The first-order valence-corrected chi connectivity index (χ1v) is 6.99. The molecule has 3 aromatic rings. The number of urea groups is 1. The molecule has 2 amide bonds. The minimum atomic E-state index is -0.605. The molecule has 6 heteroatoms. The Morgan fingerprint density at radius 1 is 1.09 bits per heavy atom. The van der Waals surface area contributed by atoms with Gasteiger partial charge in [0.15, 0.2) is 0 Å². The van der Waals surface area contributed by atoms with Crippen molar-refractivity contribution in [2.24, 2.45) is 0 Å². The smallest absolute Gasteiger partial charge is 0.319 e. The molecule has 0 radical (unpaired) electrons. The number of carbonyl (C=O) groups excluding carboxylic acids is 1. The number of fused-ring (bicyclic) bond motifs is 1. The van der Waals surface area contributed by atoms with Crippen LogP contribution in [0.15, 0.2) is 53.3 Å². The fourth-order valence-electron chi connectivity index (χ4n) is 2.29. The Bertz CT molecular complexity index is 950. The van der Waals surface area contributed by atoms with E-state index in [1.165, 1.54) is 12.1 Å². The number of aryl methyl sites for hydroxylation is 1. The minimum absolute atomic E-state index is 0.113. The van der Waals surface area contributed by atoms with E-state index in [1.807, 2.05) is 25.1 Å². The molecule has 116 valence electrons. The Morgan fingerprint density at radius 2 is 1.87 bits per heavy atom. The summed E-state index contributed by atoms with van der Waals surface area (Å²) in [6, 6.07) is 12.4. The third kappa shape index (κ3) is 3.21. The number of halogens is 1. The average Bonchev–Trinajstić information content (AvgIpc) is 2.50. The third-order valence-electron chi connectivity index (χ3n) is 3.43. The van der Waals surface area contributed by atoms with E-state index in [1.54, 1.807) is 12.1 Å². The van der Waals surface area contributed by atoms with Crippen molar-refractivity contribution in [1.29, 1.82) is 0 Å². The highest BCUT2D eigenvalue weighted by atomic mass is 19.1. The molecule has 0 saturated carbocycles. The summed E-state index contributed by atoms with van der Waals surface area (Å²) in [4.78, 5) is 25.7. The van der Waals surface area contributed by atoms with Crippen molar-refractivity contribution in [3.05, 3.63) is 70.3 Å². The van der Waals surface area contributed by atoms with E-state index in [0.29, 0.717) is 16.8 Å². The van der Waals surface area contributed by atoms with Crippen LogP contribution >= 0.6 is 0 Å². The van der Waals surface area contributed by atoms with E-state index in [9.17, 15) is 14.0 Å². The van der Waals surface area contributed by atoms with Crippen LogP contribution in [0.4, 0.5) is 20.6 Å². The van der Waals surface area contributed by atoms with Gasteiger partial charge in [0.05, 0.1) is 5.52 Å². The quantitative estimate of drug-likeness (QED) is 0.676. The molecule has 1 aromatic heterocycles. The first kappa shape index (κ1) is 14.8. The molecule has 0 atom stereocenters. The monoisotopic (exact) mass is 311 g/mol. The summed E-state index contributed by atoms with van der Waals surface area (Å²) >= 11 is 0. The summed E-state index contributed by atoms with van der Waals surface area (Å²) in [5.74, 6) is -0.605. The SMILES string of the molecule is Cc1ccccc1NC(=O)Nc1cc(F)c2[nH]c(=O)ccc2c1. The number of nitrogens with one attached hydrogen (secondary N) is 3. The van der Waals surface area contributed by atoms with E-state index >= 15 is 0 Å². The second kappa shape index (κ2) is 5.92. The molecule has 2 aromatic carbocycles. The maximum Gasteiger partial charge on any atom is 0.323 e. The molecular formula is C17H14FN3O2. The second-order valence-corrected chi connectivity index (χ2v) is 5.14. The molecule has 5 nitrogen and oxygen atoms in total. The van der Waals surface area contributed by atoms with Crippen LogP contribution in [0, 0.1) is 12.7 Å². The molecule has 0 bridgehead atoms. The number of hydrogen-bond donors (Lipinski definition) is 3. The number of para-hydroxylation sites is 1. The van der Waals surface area contributed by atoms with Crippen molar-refractivity contribution in [1.82, 2.24) is 4.98 Å². The summed E-state index contributed by atoms with van der Waals surface area (Å²) in [6.45, 7) is 1.88. The highest BCUT2D eigenvalue weighted by Gasteiger charge is 2.08. The standard InChI is InChI=1S/C17H14FN3O2/c1-10-4-2-3-5-14(10)20-17(23)19-12-8-11-6-7-15(22)21-16(11)13(18)9-12/h2-9H,1H3,(H,21,22)(H2,19,20,23). The molecule has 0 saturated heterocycles. The van der Waals surface area contributed by atoms with Gasteiger partial charge in [0, 0.05) is 22.8 Å². The maximum atomic E-state index is 14.0. The molecule has 0 aliphatic heterocycles. The Morgan fingerprint density at radius 3 is 2.65 bits per heavy atom. The van der Waals surface area contributed by atoms with Gasteiger partial charge in [-0.2, -0.15) is 0 Å². The molecule has 0 fully saturated rings. The van der Waals surface area contributed by atoms with Gasteiger partial charge >= 0.3 is 6.03 Å². The zero-order valence-electron chi connectivity index (χ0n) is 12.3. The lowest BCUT2D eigenvalue weighted by Gasteiger charge is -2.10. The fourth-order valence-corrected chi connectivity index (χ4v) is 2.29. The van der Waals surface area contributed by atoms with Gasteiger partial charge in [0.2, 0.25) is 5.56 Å². The lowest BCUT2D eigenvalue weighted by Crippen LogP contribution is -2.20. The van der Waals surface area contributed by atoms with Crippen LogP contribution in [0.3, 0.4) is 0 Å². The van der Waals surface area contributed by atoms with E-state index in [-0.39, 0.29) is 11.1 Å². The van der Waals surface area contributed by atoms with E-state index in [2.05, 4.69) is 15.6 Å². The van der Waals surface area contributed by atoms with Crippen molar-refractivity contribution in [2.45, 2.75) is 6.92 Å². The molecule has 0 aliphatic carbocycles. The second-order valence-electron chi connectivity index (χ2n) is 5.14. The van der Waals surface area contributed by atoms with Crippen molar-refractivity contribution >= 4 is 28.3 Å². The topological polar surface area (TPSA) is 74.0 Å². The molecule has 0 unspecified atom stereocenters. The predicted molar refractivity (Wildman–Crippen MR) is 88.3 cm³/mol. The molecule has 3 rings (SSSR count). The van der Waals surface area contributed by atoms with Crippen LogP contribution < -0.4 is 16.2 Å². The van der Waals surface area contributed by atoms with Gasteiger partial charge in [-0.3, -0.25) is 4.79 Å². The number of aromatic nitrogens is 1. The number of pyridine rings is 1.